The van der Waals surface area contributed by atoms with E-state index < -0.39 is 55.0 Å². The van der Waals surface area contributed by atoms with Crippen molar-refractivity contribution in [3.05, 3.63) is 0 Å². The molecule has 0 saturated heterocycles. The Kier molecular flexibility index (Phi) is 9.21. The van der Waals surface area contributed by atoms with Gasteiger partial charge in [-0.3, -0.25) is 24.0 Å². The van der Waals surface area contributed by atoms with Gasteiger partial charge < -0.3 is 18.9 Å². The summed E-state index contributed by atoms with van der Waals surface area (Å²) in [5.41, 5.74) is 0. The van der Waals surface area contributed by atoms with Gasteiger partial charge in [0.1, 0.15) is 6.67 Å². The third-order valence-electron chi connectivity index (χ3n) is 2.52. The van der Waals surface area contributed by atoms with Crippen LogP contribution in [-0.2, 0) is 42.9 Å². The molecule has 0 radical (unpaired) electrons. The Bertz CT molecular complexity index is 491. The van der Waals surface area contributed by atoms with Crippen LogP contribution in [0.2, 0.25) is 0 Å². The molecule has 136 valence electrons. The summed E-state index contributed by atoms with van der Waals surface area (Å²) in [5.74, 6) is -3.63. The van der Waals surface area contributed by atoms with Gasteiger partial charge >= 0.3 is 23.9 Å². The summed E-state index contributed by atoms with van der Waals surface area (Å²) in [4.78, 5) is 55.9. The van der Waals surface area contributed by atoms with Crippen molar-refractivity contribution in [2.24, 2.45) is 0 Å². The number of halogens is 1. The first-order valence-corrected chi connectivity index (χ1v) is 6.82. The maximum absolute atomic E-state index is 13.2. The number of aldehydes is 1. The van der Waals surface area contributed by atoms with E-state index in [4.69, 9.17) is 9.47 Å². The van der Waals surface area contributed by atoms with Gasteiger partial charge in [0.25, 0.3) is 0 Å². The summed E-state index contributed by atoms with van der Waals surface area (Å²) < 4.78 is 32.3. The van der Waals surface area contributed by atoms with Gasteiger partial charge in [0.05, 0.1) is 0 Å². The molecule has 0 amide bonds. The van der Waals surface area contributed by atoms with Crippen molar-refractivity contribution in [3.63, 3.8) is 0 Å². The van der Waals surface area contributed by atoms with E-state index in [1.807, 2.05) is 0 Å². The number of alkyl halides is 1. The summed E-state index contributed by atoms with van der Waals surface area (Å²) in [6.07, 6.45) is -6.65. The van der Waals surface area contributed by atoms with Gasteiger partial charge in [-0.2, -0.15) is 0 Å². The minimum absolute atomic E-state index is 0.120. The Hall–Kier alpha value is -2.52. The van der Waals surface area contributed by atoms with Crippen LogP contribution in [-0.4, -0.2) is 61.3 Å². The topological polar surface area (TPSA) is 122 Å². The normalized spacial score (nSPS) is 15.2. The van der Waals surface area contributed by atoms with Crippen LogP contribution in [0.3, 0.4) is 0 Å². The highest BCUT2D eigenvalue weighted by molar-refractivity contribution is 5.72. The number of esters is 4. The molecule has 0 aromatic heterocycles. The number of carbonyl (C=O) groups is 5. The van der Waals surface area contributed by atoms with Crippen LogP contribution >= 0.6 is 0 Å². The zero-order chi connectivity index (χ0) is 18.9. The minimum atomic E-state index is -1.70. The Labute approximate surface area is 137 Å². The van der Waals surface area contributed by atoms with Crippen LogP contribution in [0.1, 0.15) is 27.7 Å². The van der Waals surface area contributed by atoms with Crippen molar-refractivity contribution in [3.8, 4) is 0 Å². The molecular weight excluding hydrogens is 331 g/mol. The molecule has 10 heteroatoms. The first kappa shape index (κ1) is 21.5. The maximum Gasteiger partial charge on any atom is 0.303 e. The molecule has 0 unspecified atom stereocenters. The quantitative estimate of drug-likeness (QED) is 0.318. The zero-order valence-electron chi connectivity index (χ0n) is 13.6. The van der Waals surface area contributed by atoms with Crippen molar-refractivity contribution in [1.29, 1.82) is 0 Å². The lowest BCUT2D eigenvalue weighted by molar-refractivity contribution is -0.197. The van der Waals surface area contributed by atoms with E-state index in [0.717, 1.165) is 27.7 Å². The maximum atomic E-state index is 13.2. The first-order valence-electron chi connectivity index (χ1n) is 6.82. The van der Waals surface area contributed by atoms with Gasteiger partial charge in [0, 0.05) is 27.7 Å². The summed E-state index contributed by atoms with van der Waals surface area (Å²) in [6.45, 7) is 2.62. The van der Waals surface area contributed by atoms with E-state index in [1.165, 1.54) is 0 Å². The number of ether oxygens (including phenoxy) is 4. The van der Waals surface area contributed by atoms with Crippen molar-refractivity contribution in [1.82, 2.24) is 0 Å². The minimum Gasteiger partial charge on any atom is -0.456 e. The van der Waals surface area contributed by atoms with Crippen LogP contribution in [0.15, 0.2) is 0 Å². The third-order valence-corrected chi connectivity index (χ3v) is 2.52. The van der Waals surface area contributed by atoms with Gasteiger partial charge in [-0.1, -0.05) is 0 Å². The number of hydrogen-bond acceptors (Lipinski definition) is 9. The van der Waals surface area contributed by atoms with E-state index in [2.05, 4.69) is 9.47 Å². The highest BCUT2D eigenvalue weighted by atomic mass is 19.1. The third kappa shape index (κ3) is 7.65. The van der Waals surface area contributed by atoms with Crippen molar-refractivity contribution in [2.45, 2.75) is 52.1 Å². The predicted octanol–water partition coefficient (Wildman–Crippen LogP) is -0.118. The second-order valence-electron chi connectivity index (χ2n) is 4.66. The van der Waals surface area contributed by atoms with Crippen molar-refractivity contribution < 1.29 is 47.3 Å². The fourth-order valence-electron chi connectivity index (χ4n) is 1.82. The van der Waals surface area contributed by atoms with E-state index in [9.17, 15) is 28.4 Å². The molecule has 24 heavy (non-hydrogen) atoms. The smallest absolute Gasteiger partial charge is 0.303 e. The summed E-state index contributed by atoms with van der Waals surface area (Å²) in [7, 11) is 0. The standard InChI is InChI=1S/C14H19FO9/c1-7(17)21-11(5-15)13(23-9(3)19)14(24-10(4)20)12(6-16)22-8(2)18/h6,11-14H,5H2,1-4H3/t11-,12+,13+,14-/m0/s1. The second kappa shape index (κ2) is 10.3. The average molecular weight is 350 g/mol. The van der Waals surface area contributed by atoms with Crippen LogP contribution in [0, 0.1) is 0 Å². The average Bonchev–Trinajstić information content (AvgIpc) is 2.45. The van der Waals surface area contributed by atoms with E-state index in [1.54, 1.807) is 0 Å². The molecule has 9 nitrogen and oxygen atoms in total. The molecule has 0 bridgehead atoms. The lowest BCUT2D eigenvalue weighted by Crippen LogP contribution is -2.52. The molecule has 0 aromatic carbocycles. The molecule has 0 rings (SSSR count). The highest BCUT2D eigenvalue weighted by Gasteiger charge is 2.43. The number of hydrogen-bond donors (Lipinski definition) is 0. The predicted molar refractivity (Wildman–Crippen MR) is 74.3 cm³/mol. The van der Waals surface area contributed by atoms with E-state index in [-0.39, 0.29) is 6.29 Å². The first-order chi connectivity index (χ1) is 11.1. The Morgan fingerprint density at radius 1 is 0.792 bits per heavy atom. The summed E-state index contributed by atoms with van der Waals surface area (Å²) in [5, 5.41) is 0. The zero-order valence-corrected chi connectivity index (χ0v) is 13.6. The molecule has 0 saturated carbocycles. The largest absolute Gasteiger partial charge is 0.456 e. The molecule has 0 aromatic rings. The molecule has 4 atom stereocenters. The molecule has 0 fully saturated rings. The summed E-state index contributed by atoms with van der Waals surface area (Å²) >= 11 is 0. The van der Waals surface area contributed by atoms with Crippen LogP contribution in [0.5, 0.6) is 0 Å². The number of carbonyl (C=O) groups excluding carboxylic acids is 5. The number of rotatable bonds is 9. The Balaban J connectivity index is 5.79. The van der Waals surface area contributed by atoms with Gasteiger partial charge in [0.2, 0.25) is 0 Å². The van der Waals surface area contributed by atoms with Gasteiger partial charge in [-0.05, 0) is 0 Å². The summed E-state index contributed by atoms with van der Waals surface area (Å²) in [6, 6.07) is 0. The SMILES string of the molecule is CC(=O)O[C@H]([C@H](OC(C)=O)[C@H](CF)OC(C)=O)[C@@H](C=O)OC(C)=O. The van der Waals surface area contributed by atoms with E-state index in [0.29, 0.717) is 0 Å². The van der Waals surface area contributed by atoms with E-state index >= 15 is 0 Å². The highest BCUT2D eigenvalue weighted by Crippen LogP contribution is 2.19. The molecule has 0 aliphatic rings. The lowest BCUT2D eigenvalue weighted by atomic mass is 10.0. The van der Waals surface area contributed by atoms with Crippen molar-refractivity contribution in [2.75, 3.05) is 6.67 Å². The Morgan fingerprint density at radius 3 is 1.54 bits per heavy atom. The fraction of sp³-hybridized carbons (Fsp3) is 0.643. The molecule has 0 aliphatic carbocycles. The molecule has 0 aliphatic heterocycles. The van der Waals surface area contributed by atoms with Gasteiger partial charge in [-0.25, -0.2) is 4.39 Å². The Morgan fingerprint density at radius 2 is 1.21 bits per heavy atom. The molecule has 0 spiro atoms. The monoisotopic (exact) mass is 350 g/mol. The van der Waals surface area contributed by atoms with Crippen molar-refractivity contribution >= 4 is 30.2 Å². The molecule has 0 heterocycles. The van der Waals surface area contributed by atoms with Crippen LogP contribution in [0.4, 0.5) is 4.39 Å². The van der Waals surface area contributed by atoms with Crippen LogP contribution < -0.4 is 0 Å². The molecule has 0 N–H and O–H groups in total. The van der Waals surface area contributed by atoms with Gasteiger partial charge in [0.15, 0.2) is 30.7 Å². The fourth-order valence-corrected chi connectivity index (χ4v) is 1.82. The second-order valence-corrected chi connectivity index (χ2v) is 4.66. The van der Waals surface area contributed by atoms with Gasteiger partial charge in [-0.15, -0.1) is 0 Å². The van der Waals surface area contributed by atoms with Crippen LogP contribution in [0.25, 0.3) is 0 Å². The lowest BCUT2D eigenvalue weighted by Gasteiger charge is -2.32. The molecular formula is C14H19FO9.